The normalized spacial score (nSPS) is 11.4. The van der Waals surface area contributed by atoms with Crippen LogP contribution < -0.4 is 4.57 Å². The van der Waals surface area contributed by atoms with Crippen LogP contribution >= 0.6 is 23.2 Å². The van der Waals surface area contributed by atoms with E-state index in [-0.39, 0.29) is 27.8 Å². The Balaban J connectivity index is 2.14. The van der Waals surface area contributed by atoms with Gasteiger partial charge in [0.15, 0.2) is 18.9 Å². The van der Waals surface area contributed by atoms with E-state index in [9.17, 15) is 18.4 Å². The molecule has 2 aromatic heterocycles. The summed E-state index contributed by atoms with van der Waals surface area (Å²) in [4.78, 5) is 0. The summed E-state index contributed by atoms with van der Waals surface area (Å²) in [6.45, 7) is 0.261. The summed E-state index contributed by atoms with van der Waals surface area (Å²) in [6, 6.07) is 9.05. The Kier molecular flexibility index (Phi) is 4.90. The second kappa shape index (κ2) is 6.98. The van der Waals surface area contributed by atoms with Crippen LogP contribution in [-0.2, 0) is 12.7 Å². The maximum absolute atomic E-state index is 12.9. The van der Waals surface area contributed by atoms with Crippen LogP contribution in [0.25, 0.3) is 5.69 Å². The Hall–Kier alpha value is -2.56. The fourth-order valence-electron chi connectivity index (χ4n) is 2.46. The van der Waals surface area contributed by atoms with Crippen molar-refractivity contribution in [2.24, 2.45) is 0 Å². The third kappa shape index (κ3) is 3.52. The molecule has 0 bridgehead atoms. The van der Waals surface area contributed by atoms with Gasteiger partial charge in [0.1, 0.15) is 23.0 Å². The maximum atomic E-state index is 12.9. The van der Waals surface area contributed by atoms with Crippen molar-refractivity contribution in [2.45, 2.75) is 12.7 Å². The predicted octanol–water partition coefficient (Wildman–Crippen LogP) is 4.41. The van der Waals surface area contributed by atoms with Crippen LogP contribution in [0.2, 0.25) is 10.0 Å². The number of nitrogens with zero attached hydrogens (tertiary/aromatic N) is 4. The number of benzene rings is 1. The fourth-order valence-corrected chi connectivity index (χ4v) is 3.10. The Morgan fingerprint density at radius 2 is 1.73 bits per heavy atom. The highest BCUT2D eigenvalue weighted by atomic mass is 35.5. The number of nitriles is 1. The second-order valence-electron chi connectivity index (χ2n) is 5.36. The monoisotopic (exact) mass is 397 g/mol. The van der Waals surface area contributed by atoms with Gasteiger partial charge in [0.2, 0.25) is 0 Å². The van der Waals surface area contributed by atoms with Crippen molar-refractivity contribution in [3.8, 4) is 11.8 Å². The Morgan fingerprint density at radius 1 is 1.12 bits per heavy atom. The van der Waals surface area contributed by atoms with Gasteiger partial charge in [-0.3, -0.25) is 0 Å². The zero-order valence-electron chi connectivity index (χ0n) is 13.0. The molecule has 0 unspecified atom stereocenters. The van der Waals surface area contributed by atoms with Crippen molar-refractivity contribution >= 4 is 23.2 Å². The van der Waals surface area contributed by atoms with E-state index in [1.807, 2.05) is 24.3 Å². The molecular formula is C17H10Cl2F3N4+. The third-order valence-corrected chi connectivity index (χ3v) is 4.23. The molecule has 0 spiro atoms. The van der Waals surface area contributed by atoms with Gasteiger partial charge in [-0.2, -0.15) is 28.1 Å². The highest BCUT2D eigenvalue weighted by Gasteiger charge is 2.32. The molecule has 26 heavy (non-hydrogen) atoms. The minimum absolute atomic E-state index is 0.0920. The number of halogens is 5. The molecule has 0 aliphatic carbocycles. The molecule has 1 aromatic carbocycles. The van der Waals surface area contributed by atoms with Crippen molar-refractivity contribution in [2.75, 3.05) is 0 Å². The number of pyridine rings is 1. The average Bonchev–Trinajstić information content (AvgIpc) is 2.97. The van der Waals surface area contributed by atoms with E-state index in [0.717, 1.165) is 12.1 Å². The summed E-state index contributed by atoms with van der Waals surface area (Å²) in [5, 5.41) is 13.0. The lowest BCUT2D eigenvalue weighted by Gasteiger charge is -2.13. The smallest absolute Gasteiger partial charge is 0.227 e. The first-order chi connectivity index (χ1) is 12.3. The molecule has 3 rings (SSSR count). The van der Waals surface area contributed by atoms with Crippen molar-refractivity contribution < 1.29 is 17.7 Å². The number of hydrogen-bond donors (Lipinski definition) is 0. The average molecular weight is 398 g/mol. The number of aromatic nitrogens is 3. The topological polar surface area (TPSA) is 45.5 Å². The molecule has 9 heteroatoms. The Morgan fingerprint density at radius 3 is 2.27 bits per heavy atom. The third-order valence-electron chi connectivity index (χ3n) is 3.65. The van der Waals surface area contributed by atoms with Gasteiger partial charge in [0.25, 0.3) is 0 Å². The van der Waals surface area contributed by atoms with Crippen molar-refractivity contribution in [1.82, 2.24) is 9.78 Å². The van der Waals surface area contributed by atoms with Crippen LogP contribution in [0.4, 0.5) is 13.2 Å². The molecule has 0 aliphatic heterocycles. The maximum Gasteiger partial charge on any atom is 0.416 e. The van der Waals surface area contributed by atoms with Crippen LogP contribution in [-0.4, -0.2) is 9.78 Å². The number of alkyl halides is 3. The van der Waals surface area contributed by atoms with E-state index in [1.165, 1.54) is 10.9 Å². The van der Waals surface area contributed by atoms with Crippen LogP contribution in [0, 0.1) is 11.3 Å². The standard InChI is InChI=1S/C17H10Cl2F3N4/c18-13-6-12(17(20,21)22)7-14(19)16(13)26-15(11(8-23)9-24-26)10-25-4-2-1-3-5-25/h1-7,9H,10H2/q+1. The minimum atomic E-state index is -4.57. The first-order valence-corrected chi connectivity index (χ1v) is 8.04. The quantitative estimate of drug-likeness (QED) is 0.614. The Labute approximate surface area is 156 Å². The molecule has 0 saturated heterocycles. The summed E-state index contributed by atoms with van der Waals surface area (Å²) in [5.74, 6) is 0. The van der Waals surface area contributed by atoms with Crippen LogP contribution in [0.3, 0.4) is 0 Å². The van der Waals surface area contributed by atoms with Gasteiger partial charge in [0, 0.05) is 12.1 Å². The van der Waals surface area contributed by atoms with Crippen LogP contribution in [0.1, 0.15) is 16.8 Å². The lowest BCUT2D eigenvalue weighted by atomic mass is 10.2. The van der Waals surface area contributed by atoms with Gasteiger partial charge < -0.3 is 0 Å². The van der Waals surface area contributed by atoms with E-state index in [2.05, 4.69) is 5.10 Å². The molecule has 0 radical (unpaired) electrons. The SMILES string of the molecule is N#Cc1cnn(-c2c(Cl)cc(C(F)(F)F)cc2Cl)c1C[n+]1ccccc1. The summed E-state index contributed by atoms with van der Waals surface area (Å²) < 4.78 is 41.9. The molecule has 0 N–H and O–H groups in total. The van der Waals surface area contributed by atoms with E-state index >= 15 is 0 Å². The van der Waals surface area contributed by atoms with E-state index in [1.54, 1.807) is 17.0 Å². The summed E-state index contributed by atoms with van der Waals surface area (Å²) in [6.07, 6.45) is 0.322. The first kappa shape index (κ1) is 18.2. The van der Waals surface area contributed by atoms with E-state index in [4.69, 9.17) is 23.2 Å². The Bertz CT molecular complexity index is 968. The predicted molar refractivity (Wildman–Crippen MR) is 89.0 cm³/mol. The summed E-state index contributed by atoms with van der Waals surface area (Å²) >= 11 is 12.1. The van der Waals surface area contributed by atoms with Crippen molar-refractivity contribution in [1.29, 1.82) is 5.26 Å². The summed E-state index contributed by atoms with van der Waals surface area (Å²) in [7, 11) is 0. The highest BCUT2D eigenvalue weighted by molar-refractivity contribution is 6.37. The van der Waals surface area contributed by atoms with Gasteiger partial charge in [0.05, 0.1) is 21.8 Å². The largest absolute Gasteiger partial charge is 0.416 e. The lowest BCUT2D eigenvalue weighted by Crippen LogP contribution is -2.34. The van der Waals surface area contributed by atoms with Gasteiger partial charge in [-0.05, 0) is 12.1 Å². The van der Waals surface area contributed by atoms with Crippen LogP contribution in [0.15, 0.2) is 48.9 Å². The molecule has 132 valence electrons. The number of rotatable bonds is 3. The molecule has 0 aliphatic rings. The molecule has 0 amide bonds. The van der Waals surface area contributed by atoms with E-state index < -0.39 is 11.7 Å². The molecule has 4 nitrogen and oxygen atoms in total. The first-order valence-electron chi connectivity index (χ1n) is 7.29. The molecule has 3 aromatic rings. The van der Waals surface area contributed by atoms with Crippen molar-refractivity contribution in [3.05, 3.63) is 75.8 Å². The molecular weight excluding hydrogens is 388 g/mol. The van der Waals surface area contributed by atoms with Crippen LogP contribution in [0.5, 0.6) is 0 Å². The molecule has 0 saturated carbocycles. The van der Waals surface area contributed by atoms with Gasteiger partial charge >= 0.3 is 6.18 Å². The number of hydrogen-bond acceptors (Lipinski definition) is 2. The molecule has 0 fully saturated rings. The highest BCUT2D eigenvalue weighted by Crippen LogP contribution is 2.37. The minimum Gasteiger partial charge on any atom is -0.227 e. The fraction of sp³-hybridized carbons (Fsp3) is 0.118. The van der Waals surface area contributed by atoms with Gasteiger partial charge in [-0.15, -0.1) is 0 Å². The zero-order valence-corrected chi connectivity index (χ0v) is 14.5. The molecule has 0 atom stereocenters. The van der Waals surface area contributed by atoms with Gasteiger partial charge in [-0.1, -0.05) is 29.3 Å². The van der Waals surface area contributed by atoms with E-state index in [0.29, 0.717) is 5.69 Å². The zero-order chi connectivity index (χ0) is 18.9. The summed E-state index contributed by atoms with van der Waals surface area (Å²) in [5.41, 5.74) is -0.141. The second-order valence-corrected chi connectivity index (χ2v) is 6.18. The van der Waals surface area contributed by atoms with Gasteiger partial charge in [-0.25, -0.2) is 4.68 Å². The molecule has 2 heterocycles. The lowest BCUT2D eigenvalue weighted by molar-refractivity contribution is -0.689. The van der Waals surface area contributed by atoms with Crippen molar-refractivity contribution in [3.63, 3.8) is 0 Å².